The molecule has 0 aliphatic carbocycles. The molecule has 0 aliphatic heterocycles. The Morgan fingerprint density at radius 2 is 2.12 bits per heavy atom. The lowest BCUT2D eigenvalue weighted by molar-refractivity contribution is 0.612. The highest BCUT2D eigenvalue weighted by atomic mass is 35.7. The smallest absolute Gasteiger partial charge is 0.212 e. The molecule has 0 saturated carbocycles. The van der Waals surface area contributed by atoms with Gasteiger partial charge >= 0.3 is 0 Å². The summed E-state index contributed by atoms with van der Waals surface area (Å²) >= 11 is 0. The van der Waals surface area contributed by atoms with Gasteiger partial charge in [0.15, 0.2) is 0 Å². The highest BCUT2D eigenvalue weighted by molar-refractivity contribution is 8.13. The molecule has 0 unspecified atom stereocenters. The van der Waals surface area contributed by atoms with E-state index in [2.05, 4.69) is 0 Å². The van der Waals surface area contributed by atoms with Crippen LogP contribution in [0, 0.1) is 0 Å². The van der Waals surface area contributed by atoms with Crippen LogP contribution in [0.3, 0.4) is 0 Å². The molecule has 48 valence electrons. The second kappa shape index (κ2) is 3.10. The fraction of sp³-hybridized carbons (Fsp3) is 0.500. The Balaban J connectivity index is 3.76. The van der Waals surface area contributed by atoms with Crippen molar-refractivity contribution in [1.82, 2.24) is 0 Å². The van der Waals surface area contributed by atoms with Crippen LogP contribution in [0.4, 0.5) is 0 Å². The number of rotatable bonds is 2. The maximum atomic E-state index is 10.1. The first-order chi connectivity index (χ1) is 3.56. The summed E-state index contributed by atoms with van der Waals surface area (Å²) in [6.45, 7) is 1.74. The topological polar surface area (TPSA) is 34.1 Å². The van der Waals surface area contributed by atoms with Crippen molar-refractivity contribution in [2.45, 2.75) is 6.92 Å². The zero-order valence-electron chi connectivity index (χ0n) is 4.46. The molecule has 8 heavy (non-hydrogen) atoms. The Hall–Kier alpha value is -0.0200. The van der Waals surface area contributed by atoms with E-state index in [9.17, 15) is 8.42 Å². The Kier molecular flexibility index (Phi) is 3.09. The van der Waals surface area contributed by atoms with Crippen molar-refractivity contribution in [1.29, 1.82) is 0 Å². The van der Waals surface area contributed by atoms with Crippen LogP contribution in [0.2, 0.25) is 0 Å². The number of allylic oxidation sites excluding steroid dienone is 1. The van der Waals surface area contributed by atoms with E-state index in [-0.39, 0.29) is 5.75 Å². The summed E-state index contributed by atoms with van der Waals surface area (Å²) in [6, 6.07) is 0. The minimum absolute atomic E-state index is 0.0783. The summed E-state index contributed by atoms with van der Waals surface area (Å²) < 4.78 is 20.2. The quantitative estimate of drug-likeness (QED) is 0.442. The van der Waals surface area contributed by atoms with E-state index < -0.39 is 9.05 Å². The molecule has 0 aromatic heterocycles. The lowest BCUT2D eigenvalue weighted by Gasteiger charge is -1.81. The van der Waals surface area contributed by atoms with Gasteiger partial charge in [0.25, 0.3) is 0 Å². The molecule has 0 aromatic rings. The third-order valence-electron chi connectivity index (χ3n) is 0.531. The van der Waals surface area contributed by atoms with Gasteiger partial charge in [-0.2, -0.15) is 0 Å². The van der Waals surface area contributed by atoms with E-state index >= 15 is 0 Å². The van der Waals surface area contributed by atoms with Crippen LogP contribution in [-0.4, -0.2) is 14.2 Å². The fourth-order valence-electron chi connectivity index (χ4n) is 0.211. The van der Waals surface area contributed by atoms with Gasteiger partial charge in [-0.25, -0.2) is 8.42 Å². The molecule has 0 N–H and O–H groups in total. The number of halogens is 1. The molecule has 4 heteroatoms. The van der Waals surface area contributed by atoms with Crippen molar-refractivity contribution < 1.29 is 8.42 Å². The molecule has 0 amide bonds. The van der Waals surface area contributed by atoms with E-state index in [4.69, 9.17) is 10.7 Å². The summed E-state index contributed by atoms with van der Waals surface area (Å²) in [5, 5.41) is 0. The predicted octanol–water partition coefficient (Wildman–Crippen LogP) is 1.13. The lowest BCUT2D eigenvalue weighted by atomic mass is 10.6. The zero-order chi connectivity index (χ0) is 6.62. The van der Waals surface area contributed by atoms with Crippen LogP contribution in [0.1, 0.15) is 6.92 Å². The lowest BCUT2D eigenvalue weighted by Crippen LogP contribution is -1.91. The molecule has 0 rings (SSSR count). The van der Waals surface area contributed by atoms with Crippen LogP contribution in [0.25, 0.3) is 0 Å². The maximum Gasteiger partial charge on any atom is 0.236 e. The van der Waals surface area contributed by atoms with Crippen molar-refractivity contribution in [2.75, 3.05) is 5.75 Å². The fourth-order valence-corrected chi connectivity index (χ4v) is 0.852. The molecule has 0 aliphatic rings. The van der Waals surface area contributed by atoms with Crippen molar-refractivity contribution >= 4 is 19.7 Å². The van der Waals surface area contributed by atoms with Crippen LogP contribution in [0.5, 0.6) is 0 Å². The standard InChI is InChI=1S/C4H7ClO2S/c1-2-3-4-8(5,6)7/h2-3H,4H2,1H3/b3-2+. The van der Waals surface area contributed by atoms with E-state index in [0.29, 0.717) is 0 Å². The van der Waals surface area contributed by atoms with E-state index in [1.54, 1.807) is 13.0 Å². The minimum Gasteiger partial charge on any atom is -0.212 e. The first-order valence-electron chi connectivity index (χ1n) is 2.10. The Labute approximate surface area is 53.6 Å². The second-order valence-corrected chi connectivity index (χ2v) is 4.10. The molecule has 0 bridgehead atoms. The molecule has 0 fully saturated rings. The van der Waals surface area contributed by atoms with Gasteiger partial charge in [-0.1, -0.05) is 12.2 Å². The molecular weight excluding hydrogens is 148 g/mol. The van der Waals surface area contributed by atoms with E-state index in [1.165, 1.54) is 6.08 Å². The minimum atomic E-state index is -3.30. The summed E-state index contributed by atoms with van der Waals surface area (Å²) in [5.41, 5.74) is 0. The average Bonchev–Trinajstić information content (AvgIpc) is 1.59. The monoisotopic (exact) mass is 154 g/mol. The Morgan fingerprint density at radius 1 is 1.62 bits per heavy atom. The van der Waals surface area contributed by atoms with Gasteiger partial charge in [0.05, 0.1) is 5.75 Å². The Morgan fingerprint density at radius 3 is 2.25 bits per heavy atom. The molecule has 0 aromatic carbocycles. The average molecular weight is 155 g/mol. The van der Waals surface area contributed by atoms with Gasteiger partial charge in [-0.3, -0.25) is 0 Å². The highest BCUT2D eigenvalue weighted by Crippen LogP contribution is 1.94. The predicted molar refractivity (Wildman–Crippen MR) is 34.5 cm³/mol. The first kappa shape index (κ1) is 7.98. The Bertz CT molecular complexity index is 168. The van der Waals surface area contributed by atoms with E-state index in [1.807, 2.05) is 0 Å². The van der Waals surface area contributed by atoms with Gasteiger partial charge in [-0.05, 0) is 6.92 Å². The maximum absolute atomic E-state index is 10.1. The number of hydrogen-bond donors (Lipinski definition) is 0. The van der Waals surface area contributed by atoms with Crippen LogP contribution in [-0.2, 0) is 9.05 Å². The van der Waals surface area contributed by atoms with Crippen molar-refractivity contribution in [3.05, 3.63) is 12.2 Å². The third-order valence-corrected chi connectivity index (χ3v) is 1.50. The zero-order valence-corrected chi connectivity index (χ0v) is 6.04. The molecule has 0 atom stereocenters. The molecule has 0 saturated heterocycles. The van der Waals surface area contributed by atoms with Gasteiger partial charge in [0.2, 0.25) is 9.05 Å². The first-order valence-corrected chi connectivity index (χ1v) is 4.57. The normalized spacial score (nSPS) is 12.8. The van der Waals surface area contributed by atoms with Crippen LogP contribution < -0.4 is 0 Å². The van der Waals surface area contributed by atoms with Gasteiger partial charge < -0.3 is 0 Å². The highest BCUT2D eigenvalue weighted by Gasteiger charge is 1.97. The number of hydrogen-bond acceptors (Lipinski definition) is 2. The summed E-state index contributed by atoms with van der Waals surface area (Å²) in [4.78, 5) is 0. The van der Waals surface area contributed by atoms with Gasteiger partial charge in [-0.15, -0.1) is 0 Å². The summed E-state index contributed by atoms with van der Waals surface area (Å²) in [6.07, 6.45) is 3.13. The summed E-state index contributed by atoms with van der Waals surface area (Å²) in [5.74, 6) is -0.0783. The van der Waals surface area contributed by atoms with Crippen molar-refractivity contribution in [3.8, 4) is 0 Å². The second-order valence-electron chi connectivity index (χ2n) is 1.27. The largest absolute Gasteiger partial charge is 0.236 e. The van der Waals surface area contributed by atoms with Crippen LogP contribution >= 0.6 is 10.7 Å². The van der Waals surface area contributed by atoms with Crippen LogP contribution in [0.15, 0.2) is 12.2 Å². The molecule has 0 radical (unpaired) electrons. The molecule has 2 nitrogen and oxygen atoms in total. The third kappa shape index (κ3) is 5.98. The molecule has 0 heterocycles. The molecular formula is C4H7ClO2S. The molecule has 0 spiro atoms. The van der Waals surface area contributed by atoms with Crippen molar-refractivity contribution in [2.24, 2.45) is 0 Å². The summed E-state index contributed by atoms with van der Waals surface area (Å²) in [7, 11) is 1.53. The SMILES string of the molecule is C/C=C/CS(=O)(=O)Cl. The van der Waals surface area contributed by atoms with E-state index in [0.717, 1.165) is 0 Å². The van der Waals surface area contributed by atoms with Gasteiger partial charge in [0, 0.05) is 10.7 Å². The van der Waals surface area contributed by atoms with Gasteiger partial charge in [0.1, 0.15) is 0 Å². The van der Waals surface area contributed by atoms with Crippen molar-refractivity contribution in [3.63, 3.8) is 0 Å².